The van der Waals surface area contributed by atoms with E-state index in [0.29, 0.717) is 13.0 Å². The Labute approximate surface area is 132 Å². The number of aliphatic hydroxyl groups excluding tert-OH is 1. The number of benzene rings is 1. The van der Waals surface area contributed by atoms with Crippen LogP contribution in [0, 0.1) is 6.92 Å². The van der Waals surface area contributed by atoms with Crippen LogP contribution < -0.4 is 10.1 Å². The Hall–Kier alpha value is -1.55. The van der Waals surface area contributed by atoms with Crippen LogP contribution in [0.1, 0.15) is 74.8 Å². The Bertz CT molecular complexity index is 527. The summed E-state index contributed by atoms with van der Waals surface area (Å²) in [6.45, 7) is 6.58. The Kier molecular flexibility index (Phi) is 5.83. The lowest BCUT2D eigenvalue weighted by molar-refractivity contribution is -0.121. The number of nitrogens with one attached hydrogen (secondary N) is 1. The fraction of sp³-hybridized carbons (Fsp3) is 0.611. The zero-order valence-corrected chi connectivity index (χ0v) is 13.8. The van der Waals surface area contributed by atoms with Gasteiger partial charge in [-0.3, -0.25) is 4.79 Å². The van der Waals surface area contributed by atoms with Crippen LogP contribution in [0.2, 0.25) is 0 Å². The molecule has 2 N–H and O–H groups in total. The van der Waals surface area contributed by atoms with Crippen molar-refractivity contribution in [3.8, 4) is 5.75 Å². The van der Waals surface area contributed by atoms with Gasteiger partial charge in [0.2, 0.25) is 5.91 Å². The van der Waals surface area contributed by atoms with Crippen molar-refractivity contribution >= 4 is 5.91 Å². The fourth-order valence-corrected chi connectivity index (χ4v) is 2.92. The normalized spacial score (nSPS) is 18.3. The van der Waals surface area contributed by atoms with Gasteiger partial charge >= 0.3 is 0 Å². The molecule has 1 aromatic carbocycles. The average Bonchev–Trinajstić information content (AvgIpc) is 2.53. The van der Waals surface area contributed by atoms with Gasteiger partial charge in [0.15, 0.2) is 0 Å². The van der Waals surface area contributed by atoms with Gasteiger partial charge in [-0.2, -0.15) is 0 Å². The number of unbranched alkanes of at least 4 members (excludes halogenated alkanes) is 1. The van der Waals surface area contributed by atoms with Crippen molar-refractivity contribution in [3.63, 3.8) is 0 Å². The maximum Gasteiger partial charge on any atom is 0.220 e. The van der Waals surface area contributed by atoms with E-state index < -0.39 is 6.10 Å². The quantitative estimate of drug-likeness (QED) is 0.844. The molecule has 0 bridgehead atoms. The summed E-state index contributed by atoms with van der Waals surface area (Å²) in [4.78, 5) is 11.7. The third kappa shape index (κ3) is 3.80. The molecular weight excluding hydrogens is 278 g/mol. The molecule has 1 aromatic rings. The highest BCUT2D eigenvalue weighted by Gasteiger charge is 2.25. The van der Waals surface area contributed by atoms with Crippen molar-refractivity contribution in [1.82, 2.24) is 5.32 Å². The molecular formula is C18H27NO3. The minimum atomic E-state index is -0.451. The van der Waals surface area contributed by atoms with Crippen LogP contribution in [-0.2, 0) is 4.79 Å². The van der Waals surface area contributed by atoms with Gasteiger partial charge in [-0.25, -0.2) is 0 Å². The van der Waals surface area contributed by atoms with Crippen LogP contribution in [0.3, 0.4) is 0 Å². The van der Waals surface area contributed by atoms with Gasteiger partial charge < -0.3 is 15.2 Å². The molecule has 0 spiro atoms. The smallest absolute Gasteiger partial charge is 0.220 e. The maximum atomic E-state index is 11.7. The van der Waals surface area contributed by atoms with E-state index in [1.807, 2.05) is 26.0 Å². The van der Waals surface area contributed by atoms with Gasteiger partial charge in [0.1, 0.15) is 5.75 Å². The molecule has 0 aliphatic carbocycles. The van der Waals surface area contributed by atoms with E-state index in [2.05, 4.69) is 12.2 Å². The van der Waals surface area contributed by atoms with Crippen LogP contribution in [0.5, 0.6) is 5.75 Å². The van der Waals surface area contributed by atoms with Crippen LogP contribution in [0.15, 0.2) is 12.1 Å². The van der Waals surface area contributed by atoms with Crippen molar-refractivity contribution in [3.05, 3.63) is 28.8 Å². The predicted molar refractivity (Wildman–Crippen MR) is 87.0 cm³/mol. The van der Waals surface area contributed by atoms with Gasteiger partial charge in [-0.05, 0) is 36.6 Å². The second kappa shape index (κ2) is 7.63. The predicted octanol–water partition coefficient (Wildman–Crippen LogP) is 3.57. The lowest BCUT2D eigenvalue weighted by Gasteiger charge is -2.29. The SMILES string of the molecule is CCCCC(O)c1cc(C)c2c(c1)C(NC(=O)CC)CCO2. The summed E-state index contributed by atoms with van der Waals surface area (Å²) >= 11 is 0. The molecule has 122 valence electrons. The first-order valence-electron chi connectivity index (χ1n) is 8.31. The summed E-state index contributed by atoms with van der Waals surface area (Å²) in [6, 6.07) is 3.99. The van der Waals surface area contributed by atoms with Crippen molar-refractivity contribution in [2.24, 2.45) is 0 Å². The van der Waals surface area contributed by atoms with Crippen molar-refractivity contribution in [2.45, 2.75) is 65.0 Å². The summed E-state index contributed by atoms with van der Waals surface area (Å²) in [5, 5.41) is 13.4. The van der Waals surface area contributed by atoms with Crippen LogP contribution in [0.4, 0.5) is 0 Å². The zero-order valence-electron chi connectivity index (χ0n) is 13.8. The Balaban J connectivity index is 2.28. The first kappa shape index (κ1) is 16.8. The molecule has 0 saturated heterocycles. The van der Waals surface area contributed by atoms with Gasteiger partial charge in [-0.1, -0.05) is 26.7 Å². The number of amides is 1. The monoisotopic (exact) mass is 305 g/mol. The van der Waals surface area contributed by atoms with Crippen LogP contribution >= 0.6 is 0 Å². The Morgan fingerprint density at radius 1 is 1.45 bits per heavy atom. The summed E-state index contributed by atoms with van der Waals surface area (Å²) < 4.78 is 5.78. The van der Waals surface area contributed by atoms with E-state index in [9.17, 15) is 9.90 Å². The molecule has 1 amide bonds. The van der Waals surface area contributed by atoms with Gasteiger partial charge in [-0.15, -0.1) is 0 Å². The van der Waals surface area contributed by atoms with E-state index in [-0.39, 0.29) is 11.9 Å². The first-order chi connectivity index (χ1) is 10.6. The first-order valence-corrected chi connectivity index (χ1v) is 8.31. The van der Waals surface area contributed by atoms with Gasteiger partial charge in [0, 0.05) is 18.4 Å². The topological polar surface area (TPSA) is 58.6 Å². The maximum absolute atomic E-state index is 11.7. The lowest BCUT2D eigenvalue weighted by atomic mass is 9.92. The van der Waals surface area contributed by atoms with E-state index in [4.69, 9.17) is 4.74 Å². The molecule has 2 unspecified atom stereocenters. The van der Waals surface area contributed by atoms with Gasteiger partial charge in [0.25, 0.3) is 0 Å². The molecule has 0 aromatic heterocycles. The molecule has 0 fully saturated rings. The van der Waals surface area contributed by atoms with Crippen LogP contribution in [-0.4, -0.2) is 17.6 Å². The van der Waals surface area contributed by atoms with E-state index in [0.717, 1.165) is 48.1 Å². The number of fused-ring (bicyclic) bond motifs is 1. The number of carbonyl (C=O) groups is 1. The van der Waals surface area contributed by atoms with Crippen molar-refractivity contribution < 1.29 is 14.6 Å². The molecule has 2 rings (SSSR count). The van der Waals surface area contributed by atoms with Gasteiger partial charge in [0.05, 0.1) is 18.8 Å². The molecule has 1 heterocycles. The number of carbonyl (C=O) groups excluding carboxylic acids is 1. The summed E-state index contributed by atoms with van der Waals surface area (Å²) in [5.41, 5.74) is 2.95. The van der Waals surface area contributed by atoms with E-state index in [1.165, 1.54) is 0 Å². The molecule has 4 nitrogen and oxygen atoms in total. The number of hydrogen-bond acceptors (Lipinski definition) is 3. The summed E-state index contributed by atoms with van der Waals surface area (Å²) in [7, 11) is 0. The Morgan fingerprint density at radius 2 is 2.23 bits per heavy atom. The molecule has 1 aliphatic heterocycles. The second-order valence-corrected chi connectivity index (χ2v) is 6.02. The summed E-state index contributed by atoms with van der Waals surface area (Å²) in [6.07, 6.45) is 3.63. The minimum absolute atomic E-state index is 0.0202. The number of ether oxygens (including phenoxy) is 1. The molecule has 0 radical (unpaired) electrons. The van der Waals surface area contributed by atoms with E-state index in [1.54, 1.807) is 0 Å². The average molecular weight is 305 g/mol. The minimum Gasteiger partial charge on any atom is -0.493 e. The molecule has 0 saturated carbocycles. The largest absolute Gasteiger partial charge is 0.493 e. The summed E-state index contributed by atoms with van der Waals surface area (Å²) in [5.74, 6) is 0.909. The molecule has 2 atom stereocenters. The second-order valence-electron chi connectivity index (χ2n) is 6.02. The lowest BCUT2D eigenvalue weighted by Crippen LogP contribution is -2.32. The van der Waals surface area contributed by atoms with E-state index >= 15 is 0 Å². The molecule has 1 aliphatic rings. The highest BCUT2D eigenvalue weighted by atomic mass is 16.5. The third-order valence-corrected chi connectivity index (χ3v) is 4.23. The zero-order chi connectivity index (χ0) is 16.1. The third-order valence-electron chi connectivity index (χ3n) is 4.23. The van der Waals surface area contributed by atoms with Crippen molar-refractivity contribution in [2.75, 3.05) is 6.61 Å². The highest BCUT2D eigenvalue weighted by Crippen LogP contribution is 2.37. The van der Waals surface area contributed by atoms with Crippen LogP contribution in [0.25, 0.3) is 0 Å². The fourth-order valence-electron chi connectivity index (χ4n) is 2.92. The number of hydrogen-bond donors (Lipinski definition) is 2. The number of aliphatic hydroxyl groups is 1. The molecule has 22 heavy (non-hydrogen) atoms. The highest BCUT2D eigenvalue weighted by molar-refractivity contribution is 5.76. The number of rotatable bonds is 6. The number of aryl methyl sites for hydroxylation is 1. The standard InChI is InChI=1S/C18H27NO3/c1-4-6-7-16(20)13-10-12(3)18-14(11-13)15(8-9-22-18)19-17(21)5-2/h10-11,15-16,20H,4-9H2,1-3H3,(H,19,21). The Morgan fingerprint density at radius 3 is 2.91 bits per heavy atom. The van der Waals surface area contributed by atoms with Crippen molar-refractivity contribution in [1.29, 1.82) is 0 Å². The molecule has 4 heteroatoms.